The molecule has 1 heterocycles. The number of hydrogen-bond acceptors (Lipinski definition) is 3. The van der Waals surface area contributed by atoms with Gasteiger partial charge in [-0.05, 0) is 30.9 Å². The SMILES string of the molecule is CCCS(=O)(=O)N1CCC(NC(=O)Cc2ccccc2Cl)CC1. The van der Waals surface area contributed by atoms with Gasteiger partial charge in [0.15, 0.2) is 0 Å². The molecule has 0 spiro atoms. The third-order valence-electron chi connectivity index (χ3n) is 3.98. The largest absolute Gasteiger partial charge is 0.353 e. The van der Waals surface area contributed by atoms with Gasteiger partial charge in [-0.3, -0.25) is 4.79 Å². The monoisotopic (exact) mass is 358 g/mol. The van der Waals surface area contributed by atoms with E-state index in [0.717, 1.165) is 5.56 Å². The number of halogens is 1. The summed E-state index contributed by atoms with van der Waals surface area (Å²) in [4.78, 5) is 12.1. The van der Waals surface area contributed by atoms with Crippen molar-refractivity contribution in [1.29, 1.82) is 0 Å². The third kappa shape index (κ3) is 5.19. The first-order chi connectivity index (χ1) is 10.9. The fourth-order valence-electron chi connectivity index (χ4n) is 2.76. The van der Waals surface area contributed by atoms with Gasteiger partial charge >= 0.3 is 0 Å². The van der Waals surface area contributed by atoms with Crippen LogP contribution in [0.25, 0.3) is 0 Å². The summed E-state index contributed by atoms with van der Waals surface area (Å²) < 4.78 is 25.6. The second-order valence-electron chi connectivity index (χ2n) is 5.83. The molecule has 1 aliphatic heterocycles. The van der Waals surface area contributed by atoms with E-state index >= 15 is 0 Å². The lowest BCUT2D eigenvalue weighted by Gasteiger charge is -2.31. The summed E-state index contributed by atoms with van der Waals surface area (Å²) in [6.45, 7) is 2.80. The van der Waals surface area contributed by atoms with Crippen molar-refractivity contribution in [2.24, 2.45) is 0 Å². The van der Waals surface area contributed by atoms with Crippen LogP contribution in [0.2, 0.25) is 5.02 Å². The Hall–Kier alpha value is -1.11. The molecule has 1 amide bonds. The number of piperidine rings is 1. The number of nitrogens with one attached hydrogen (secondary N) is 1. The Labute approximate surface area is 143 Å². The normalized spacial score (nSPS) is 17.1. The van der Waals surface area contributed by atoms with Gasteiger partial charge in [-0.25, -0.2) is 12.7 Å². The van der Waals surface area contributed by atoms with Gasteiger partial charge in [0.1, 0.15) is 0 Å². The maximum absolute atomic E-state index is 12.1. The number of benzene rings is 1. The Balaban J connectivity index is 1.82. The summed E-state index contributed by atoms with van der Waals surface area (Å²) in [6, 6.07) is 7.31. The highest BCUT2D eigenvalue weighted by molar-refractivity contribution is 7.89. The molecule has 1 aromatic carbocycles. The molecule has 1 N–H and O–H groups in total. The van der Waals surface area contributed by atoms with Crippen LogP contribution in [0, 0.1) is 0 Å². The van der Waals surface area contributed by atoms with Gasteiger partial charge < -0.3 is 5.32 Å². The summed E-state index contributed by atoms with van der Waals surface area (Å²) in [6.07, 6.45) is 2.17. The molecule has 0 unspecified atom stereocenters. The minimum absolute atomic E-state index is 0.0260. The van der Waals surface area contributed by atoms with E-state index in [9.17, 15) is 13.2 Å². The van der Waals surface area contributed by atoms with Crippen molar-refractivity contribution in [3.05, 3.63) is 34.9 Å². The average molecular weight is 359 g/mol. The highest BCUT2D eigenvalue weighted by Crippen LogP contribution is 2.17. The Kier molecular flexibility index (Phi) is 6.44. The number of hydrogen-bond donors (Lipinski definition) is 1. The van der Waals surface area contributed by atoms with Gasteiger partial charge in [-0.1, -0.05) is 36.7 Å². The van der Waals surface area contributed by atoms with Crippen LogP contribution in [-0.2, 0) is 21.2 Å². The van der Waals surface area contributed by atoms with E-state index in [-0.39, 0.29) is 24.1 Å². The molecule has 5 nitrogen and oxygen atoms in total. The average Bonchev–Trinajstić information content (AvgIpc) is 2.50. The number of nitrogens with zero attached hydrogens (tertiary/aromatic N) is 1. The number of carbonyl (C=O) groups is 1. The maximum atomic E-state index is 12.1. The van der Waals surface area contributed by atoms with Crippen LogP contribution in [-0.4, -0.2) is 43.5 Å². The van der Waals surface area contributed by atoms with E-state index in [1.165, 1.54) is 4.31 Å². The van der Waals surface area contributed by atoms with Gasteiger partial charge in [0.05, 0.1) is 12.2 Å². The third-order valence-corrected chi connectivity index (χ3v) is 6.43. The Morgan fingerprint density at radius 3 is 2.57 bits per heavy atom. The van der Waals surface area contributed by atoms with Crippen molar-refractivity contribution >= 4 is 27.5 Å². The predicted molar refractivity (Wildman–Crippen MR) is 92.0 cm³/mol. The van der Waals surface area contributed by atoms with Crippen LogP contribution in [0.1, 0.15) is 31.7 Å². The molecule has 23 heavy (non-hydrogen) atoms. The van der Waals surface area contributed by atoms with Crippen LogP contribution in [0.5, 0.6) is 0 Å². The van der Waals surface area contributed by atoms with E-state index < -0.39 is 10.0 Å². The van der Waals surface area contributed by atoms with Gasteiger partial charge in [0.25, 0.3) is 0 Å². The van der Waals surface area contributed by atoms with Gasteiger partial charge in [-0.2, -0.15) is 0 Å². The van der Waals surface area contributed by atoms with E-state index in [1.807, 2.05) is 25.1 Å². The molecular formula is C16H23ClN2O3S. The molecule has 2 rings (SSSR count). The molecule has 1 fully saturated rings. The summed E-state index contributed by atoms with van der Waals surface area (Å²) in [7, 11) is -3.14. The second kappa shape index (κ2) is 8.13. The quantitative estimate of drug-likeness (QED) is 0.847. The lowest BCUT2D eigenvalue weighted by atomic mass is 10.1. The Morgan fingerprint density at radius 1 is 1.30 bits per heavy atom. The summed E-state index contributed by atoms with van der Waals surface area (Å²) in [5.41, 5.74) is 0.801. The highest BCUT2D eigenvalue weighted by atomic mass is 35.5. The molecular weight excluding hydrogens is 336 g/mol. The zero-order chi connectivity index (χ0) is 16.9. The first kappa shape index (κ1) is 18.2. The van der Waals surface area contributed by atoms with Crippen LogP contribution >= 0.6 is 11.6 Å². The molecule has 0 saturated carbocycles. The van der Waals surface area contributed by atoms with Crippen molar-refractivity contribution in [1.82, 2.24) is 9.62 Å². The number of carbonyl (C=O) groups excluding carboxylic acids is 1. The molecule has 0 radical (unpaired) electrons. The Bertz CT molecular complexity index is 640. The van der Waals surface area contributed by atoms with Gasteiger partial charge in [0, 0.05) is 24.2 Å². The number of rotatable bonds is 6. The van der Waals surface area contributed by atoms with Crippen LogP contribution in [0.4, 0.5) is 0 Å². The van der Waals surface area contributed by atoms with Crippen molar-refractivity contribution in [3.63, 3.8) is 0 Å². The molecule has 1 aliphatic rings. The van der Waals surface area contributed by atoms with Crippen LogP contribution in [0.3, 0.4) is 0 Å². The standard InChI is InChI=1S/C16H23ClN2O3S/c1-2-11-23(21,22)19-9-7-14(8-10-19)18-16(20)12-13-5-3-4-6-15(13)17/h3-6,14H,2,7-12H2,1H3,(H,18,20). The van der Waals surface area contributed by atoms with Gasteiger partial charge in [-0.15, -0.1) is 0 Å². The zero-order valence-corrected chi connectivity index (χ0v) is 14.9. The van der Waals surface area contributed by atoms with Crippen molar-refractivity contribution in [2.75, 3.05) is 18.8 Å². The molecule has 128 valence electrons. The fraction of sp³-hybridized carbons (Fsp3) is 0.562. The second-order valence-corrected chi connectivity index (χ2v) is 8.32. The molecule has 1 saturated heterocycles. The topological polar surface area (TPSA) is 66.5 Å². The van der Waals surface area contributed by atoms with Crippen molar-refractivity contribution < 1.29 is 13.2 Å². The first-order valence-corrected chi connectivity index (χ1v) is 9.91. The number of sulfonamides is 1. The number of amides is 1. The van der Waals surface area contributed by atoms with Gasteiger partial charge in [0.2, 0.25) is 15.9 Å². The summed E-state index contributed by atoms with van der Waals surface area (Å²) in [5.74, 6) is 0.115. The van der Waals surface area contributed by atoms with E-state index in [4.69, 9.17) is 11.6 Å². The summed E-state index contributed by atoms with van der Waals surface area (Å²) >= 11 is 6.06. The lowest BCUT2D eigenvalue weighted by molar-refractivity contribution is -0.121. The van der Waals surface area contributed by atoms with E-state index in [2.05, 4.69) is 5.32 Å². The predicted octanol–water partition coefficient (Wildman–Crippen LogP) is 2.20. The van der Waals surface area contributed by atoms with E-state index in [0.29, 0.717) is 37.4 Å². The smallest absolute Gasteiger partial charge is 0.224 e. The van der Waals surface area contributed by atoms with E-state index in [1.54, 1.807) is 6.07 Å². The lowest BCUT2D eigenvalue weighted by Crippen LogP contribution is -2.47. The van der Waals surface area contributed by atoms with Crippen LogP contribution < -0.4 is 5.32 Å². The summed E-state index contributed by atoms with van der Waals surface area (Å²) in [5, 5.41) is 3.57. The molecule has 0 aliphatic carbocycles. The van der Waals surface area contributed by atoms with Crippen molar-refractivity contribution in [2.45, 2.75) is 38.6 Å². The maximum Gasteiger partial charge on any atom is 0.224 e. The minimum atomic E-state index is -3.14. The fourth-order valence-corrected chi connectivity index (χ4v) is 4.50. The Morgan fingerprint density at radius 2 is 1.96 bits per heavy atom. The van der Waals surface area contributed by atoms with Crippen molar-refractivity contribution in [3.8, 4) is 0 Å². The first-order valence-electron chi connectivity index (χ1n) is 7.93. The molecule has 0 atom stereocenters. The molecule has 1 aromatic rings. The molecule has 7 heteroatoms. The highest BCUT2D eigenvalue weighted by Gasteiger charge is 2.27. The minimum Gasteiger partial charge on any atom is -0.353 e. The molecule has 0 aromatic heterocycles. The zero-order valence-electron chi connectivity index (χ0n) is 13.3. The van der Waals surface area contributed by atoms with Crippen LogP contribution in [0.15, 0.2) is 24.3 Å². The molecule has 0 bridgehead atoms.